The van der Waals surface area contributed by atoms with Crippen molar-refractivity contribution in [3.8, 4) is 0 Å². The number of hydrogen-bond acceptors (Lipinski definition) is 0. The molecular formula is C21H28. The van der Waals surface area contributed by atoms with Crippen LogP contribution >= 0.6 is 0 Å². The van der Waals surface area contributed by atoms with Crippen LogP contribution in [0.3, 0.4) is 0 Å². The lowest BCUT2D eigenvalue weighted by Gasteiger charge is -2.30. The molecule has 21 heavy (non-hydrogen) atoms. The van der Waals surface area contributed by atoms with Crippen molar-refractivity contribution in [2.24, 2.45) is 23.2 Å². The first kappa shape index (κ1) is 15.8. The molecule has 1 saturated carbocycles. The van der Waals surface area contributed by atoms with Crippen LogP contribution in [0.5, 0.6) is 0 Å². The van der Waals surface area contributed by atoms with Crippen molar-refractivity contribution in [1.29, 1.82) is 0 Å². The van der Waals surface area contributed by atoms with Crippen LogP contribution < -0.4 is 0 Å². The first-order valence-corrected chi connectivity index (χ1v) is 8.08. The van der Waals surface area contributed by atoms with Crippen molar-refractivity contribution in [2.75, 3.05) is 0 Å². The molecule has 0 spiro atoms. The summed E-state index contributed by atoms with van der Waals surface area (Å²) in [6.45, 7) is 13.3. The van der Waals surface area contributed by atoms with Gasteiger partial charge in [0, 0.05) is 5.41 Å². The summed E-state index contributed by atoms with van der Waals surface area (Å²) in [6.07, 6.45) is 20.9. The van der Waals surface area contributed by atoms with E-state index in [1.165, 1.54) is 5.57 Å². The zero-order valence-electron chi connectivity index (χ0n) is 13.8. The van der Waals surface area contributed by atoms with Gasteiger partial charge in [0.05, 0.1) is 0 Å². The summed E-state index contributed by atoms with van der Waals surface area (Å²) in [5, 5.41) is 0. The van der Waals surface area contributed by atoms with Gasteiger partial charge in [-0.25, -0.2) is 0 Å². The Hall–Kier alpha value is -1.56. The highest BCUT2D eigenvalue weighted by Gasteiger charge is 2.61. The average molecular weight is 280 g/mol. The Morgan fingerprint density at radius 3 is 2.48 bits per heavy atom. The highest BCUT2D eigenvalue weighted by Crippen LogP contribution is 2.67. The molecule has 0 N–H and O–H groups in total. The monoisotopic (exact) mass is 280 g/mol. The van der Waals surface area contributed by atoms with Crippen LogP contribution in [0.1, 0.15) is 34.1 Å². The summed E-state index contributed by atoms with van der Waals surface area (Å²) in [7, 11) is 0. The van der Waals surface area contributed by atoms with Crippen molar-refractivity contribution < 1.29 is 0 Å². The fraction of sp³-hybridized carbons (Fsp3) is 0.429. The lowest BCUT2D eigenvalue weighted by atomic mass is 9.73. The van der Waals surface area contributed by atoms with Gasteiger partial charge in [0.15, 0.2) is 0 Å². The molecule has 0 aromatic heterocycles. The Labute approximate surface area is 130 Å². The van der Waals surface area contributed by atoms with Crippen LogP contribution in [0.25, 0.3) is 0 Å². The van der Waals surface area contributed by atoms with Crippen molar-refractivity contribution in [1.82, 2.24) is 0 Å². The van der Waals surface area contributed by atoms with Gasteiger partial charge in [-0.3, -0.25) is 0 Å². The Kier molecular flexibility index (Phi) is 4.88. The summed E-state index contributed by atoms with van der Waals surface area (Å²) in [4.78, 5) is 0. The summed E-state index contributed by atoms with van der Waals surface area (Å²) < 4.78 is 0. The van der Waals surface area contributed by atoms with Gasteiger partial charge in [-0.15, -0.1) is 0 Å². The summed E-state index contributed by atoms with van der Waals surface area (Å²) >= 11 is 0. The van der Waals surface area contributed by atoms with E-state index in [4.69, 9.17) is 0 Å². The van der Waals surface area contributed by atoms with Gasteiger partial charge in [0.1, 0.15) is 0 Å². The molecule has 2 rings (SSSR count). The molecule has 112 valence electrons. The van der Waals surface area contributed by atoms with E-state index in [-0.39, 0.29) is 0 Å². The van der Waals surface area contributed by atoms with Crippen LogP contribution in [0.4, 0.5) is 0 Å². The Morgan fingerprint density at radius 1 is 1.19 bits per heavy atom. The molecular weight excluding hydrogens is 252 g/mol. The van der Waals surface area contributed by atoms with Gasteiger partial charge < -0.3 is 0 Å². The predicted octanol–water partition coefficient (Wildman–Crippen LogP) is 6.03. The number of allylic oxidation sites excluding steroid dienone is 11. The van der Waals surface area contributed by atoms with E-state index in [1.807, 2.05) is 13.0 Å². The van der Waals surface area contributed by atoms with E-state index < -0.39 is 0 Å². The second-order valence-electron chi connectivity index (χ2n) is 6.33. The number of hydrogen-bond donors (Lipinski definition) is 0. The van der Waals surface area contributed by atoms with Crippen LogP contribution in [0.15, 0.2) is 72.4 Å². The fourth-order valence-corrected chi connectivity index (χ4v) is 4.00. The highest BCUT2D eigenvalue weighted by atomic mass is 14.6. The molecule has 0 aromatic carbocycles. The van der Waals surface area contributed by atoms with Gasteiger partial charge >= 0.3 is 0 Å². The summed E-state index contributed by atoms with van der Waals surface area (Å²) in [6, 6.07) is 0. The maximum absolute atomic E-state index is 4.30. The molecule has 1 fully saturated rings. The van der Waals surface area contributed by atoms with Gasteiger partial charge in [-0.1, -0.05) is 75.1 Å². The maximum atomic E-state index is 4.30. The van der Waals surface area contributed by atoms with Crippen LogP contribution in [-0.4, -0.2) is 0 Å². The van der Waals surface area contributed by atoms with Crippen molar-refractivity contribution >= 4 is 0 Å². The molecule has 2 aliphatic carbocycles. The van der Waals surface area contributed by atoms with Crippen LogP contribution in [0.2, 0.25) is 0 Å². The molecule has 0 heteroatoms. The normalized spacial score (nSPS) is 35.8. The fourth-order valence-electron chi connectivity index (χ4n) is 4.00. The van der Waals surface area contributed by atoms with E-state index in [0.717, 1.165) is 23.8 Å². The van der Waals surface area contributed by atoms with E-state index >= 15 is 0 Å². The molecule has 0 nitrogen and oxygen atoms in total. The van der Waals surface area contributed by atoms with Gasteiger partial charge in [-0.2, -0.15) is 0 Å². The van der Waals surface area contributed by atoms with E-state index in [9.17, 15) is 0 Å². The third-order valence-corrected chi connectivity index (χ3v) is 5.41. The first-order valence-electron chi connectivity index (χ1n) is 8.08. The summed E-state index contributed by atoms with van der Waals surface area (Å²) in [5.41, 5.74) is 2.88. The topological polar surface area (TPSA) is 0 Å². The Balaban J connectivity index is 2.29. The minimum Gasteiger partial charge on any atom is -0.0915 e. The van der Waals surface area contributed by atoms with Crippen molar-refractivity contribution in [2.45, 2.75) is 34.1 Å². The zero-order valence-corrected chi connectivity index (χ0v) is 13.8. The molecule has 0 aliphatic heterocycles. The predicted molar refractivity (Wildman–Crippen MR) is 94.0 cm³/mol. The maximum Gasteiger partial charge on any atom is 0.00104 e. The second kappa shape index (κ2) is 6.47. The second-order valence-corrected chi connectivity index (χ2v) is 6.33. The minimum absolute atomic E-state index is 0.322. The summed E-state index contributed by atoms with van der Waals surface area (Å²) in [5.74, 6) is 2.06. The molecule has 0 saturated heterocycles. The highest BCUT2D eigenvalue weighted by molar-refractivity contribution is 5.47. The molecule has 0 bridgehead atoms. The lowest BCUT2D eigenvalue weighted by Crippen LogP contribution is -2.21. The van der Waals surface area contributed by atoms with Crippen molar-refractivity contribution in [3.63, 3.8) is 0 Å². The molecule has 0 amide bonds. The molecule has 3 atom stereocenters. The SMILES string of the molecule is C=C(/C=C\C=C/C)C1=CC=CCC1C1(C=CC)C(C)C1C. The van der Waals surface area contributed by atoms with Gasteiger partial charge in [0.25, 0.3) is 0 Å². The standard InChI is InChI=1S/C21H28/c1-6-8-9-12-16(3)19-13-10-11-14-20(19)21(15-7-2)17(4)18(21)5/h6-13,15,17-18,20H,3,14H2,1-2,4-5H3/b8-6-,12-9-,15-7?. The first-order chi connectivity index (χ1) is 10.1. The lowest BCUT2D eigenvalue weighted by molar-refractivity contribution is 0.391. The van der Waals surface area contributed by atoms with E-state index in [1.54, 1.807) is 0 Å². The number of rotatable bonds is 5. The zero-order chi connectivity index (χ0) is 15.5. The smallest absolute Gasteiger partial charge is 0.00104 e. The van der Waals surface area contributed by atoms with Crippen molar-refractivity contribution in [3.05, 3.63) is 72.4 Å². The van der Waals surface area contributed by atoms with E-state index in [2.05, 4.69) is 76.0 Å². The van der Waals surface area contributed by atoms with Gasteiger partial charge in [-0.05, 0) is 49.2 Å². The molecule has 0 heterocycles. The third-order valence-electron chi connectivity index (χ3n) is 5.41. The Bertz CT molecular complexity index is 528. The quantitative estimate of drug-likeness (QED) is 0.426. The average Bonchev–Trinajstić information content (AvgIpc) is 3.02. The van der Waals surface area contributed by atoms with Gasteiger partial charge in [0.2, 0.25) is 0 Å². The molecule has 3 unspecified atom stereocenters. The third kappa shape index (κ3) is 2.77. The molecule has 0 aromatic rings. The largest absolute Gasteiger partial charge is 0.0915 e. The van der Waals surface area contributed by atoms with Crippen LogP contribution in [0, 0.1) is 23.2 Å². The Morgan fingerprint density at radius 2 is 1.90 bits per heavy atom. The minimum atomic E-state index is 0.322. The molecule has 0 radical (unpaired) electrons. The molecule has 2 aliphatic rings. The van der Waals surface area contributed by atoms with E-state index in [0.29, 0.717) is 11.3 Å². The van der Waals surface area contributed by atoms with Crippen LogP contribution in [-0.2, 0) is 0 Å².